The van der Waals surface area contributed by atoms with E-state index in [1.54, 1.807) is 45.6 Å². The molecule has 1 radical (unpaired) electrons. The first-order chi connectivity index (χ1) is 10.7. The average Bonchev–Trinajstić information content (AvgIpc) is 2.59. The van der Waals surface area contributed by atoms with Gasteiger partial charge in [0, 0.05) is 6.07 Å². The third kappa shape index (κ3) is 3.39. The smallest absolute Gasteiger partial charge is 0.161 e. The van der Waals surface area contributed by atoms with Gasteiger partial charge in [0.05, 0.1) is 33.0 Å². The van der Waals surface area contributed by atoms with Crippen molar-refractivity contribution in [2.75, 3.05) is 21.3 Å². The van der Waals surface area contributed by atoms with Crippen molar-refractivity contribution in [1.29, 1.82) is 5.26 Å². The number of hydrogen-bond acceptors (Lipinski definition) is 4. The monoisotopic (exact) mass is 294 g/mol. The summed E-state index contributed by atoms with van der Waals surface area (Å²) in [6.45, 7) is 0. The van der Waals surface area contributed by atoms with Crippen molar-refractivity contribution in [3.05, 3.63) is 53.6 Å². The van der Waals surface area contributed by atoms with E-state index in [0.717, 1.165) is 11.1 Å². The summed E-state index contributed by atoms with van der Waals surface area (Å²) in [7, 11) is 4.72. The van der Waals surface area contributed by atoms with E-state index in [1.165, 1.54) is 0 Å². The first-order valence-corrected chi connectivity index (χ1v) is 6.61. The Hall–Kier alpha value is -2.93. The summed E-state index contributed by atoms with van der Waals surface area (Å²) >= 11 is 0. The molecular weight excluding hydrogens is 278 g/mol. The lowest BCUT2D eigenvalue weighted by Gasteiger charge is -2.09. The molecule has 0 aromatic heterocycles. The molecule has 0 saturated heterocycles. The van der Waals surface area contributed by atoms with Crippen LogP contribution in [0.2, 0.25) is 0 Å². The zero-order valence-electron chi connectivity index (χ0n) is 12.7. The molecule has 0 aliphatic carbocycles. The maximum Gasteiger partial charge on any atom is 0.161 e. The van der Waals surface area contributed by atoms with Gasteiger partial charge in [0.1, 0.15) is 5.75 Å². The molecule has 0 heterocycles. The van der Waals surface area contributed by atoms with E-state index in [9.17, 15) is 5.26 Å². The molecule has 0 unspecified atom stereocenters. The Morgan fingerprint density at radius 3 is 2.45 bits per heavy atom. The molecule has 4 heteroatoms. The highest BCUT2D eigenvalue weighted by Crippen LogP contribution is 2.31. The number of hydrogen-bond donors (Lipinski definition) is 0. The van der Waals surface area contributed by atoms with Crippen LogP contribution in [0.3, 0.4) is 0 Å². The second kappa shape index (κ2) is 7.19. The van der Waals surface area contributed by atoms with Gasteiger partial charge in [-0.2, -0.15) is 5.26 Å². The molecule has 0 fully saturated rings. The van der Waals surface area contributed by atoms with Gasteiger partial charge >= 0.3 is 0 Å². The summed E-state index contributed by atoms with van der Waals surface area (Å²) in [5.74, 6) is 1.83. The summed E-state index contributed by atoms with van der Waals surface area (Å²) in [5.41, 5.74) is 2.14. The molecule has 2 aromatic carbocycles. The first-order valence-electron chi connectivity index (χ1n) is 6.61. The van der Waals surface area contributed by atoms with Crippen LogP contribution in [0.5, 0.6) is 17.2 Å². The molecule has 0 aliphatic rings. The number of ether oxygens (including phenoxy) is 3. The van der Waals surface area contributed by atoms with Gasteiger partial charge in [-0.3, -0.25) is 0 Å². The fourth-order valence-corrected chi connectivity index (χ4v) is 2.02. The Labute approximate surface area is 130 Å². The van der Waals surface area contributed by atoms with Crippen molar-refractivity contribution in [3.8, 4) is 23.3 Å². The average molecular weight is 294 g/mol. The van der Waals surface area contributed by atoms with Gasteiger partial charge in [0.25, 0.3) is 0 Å². The zero-order chi connectivity index (χ0) is 15.9. The predicted molar refractivity (Wildman–Crippen MR) is 84.9 cm³/mol. The minimum absolute atomic E-state index is 0.522. The van der Waals surface area contributed by atoms with E-state index in [2.05, 4.69) is 12.1 Å². The van der Waals surface area contributed by atoms with Crippen molar-refractivity contribution >= 4 is 11.6 Å². The molecule has 0 saturated carbocycles. The number of allylic oxidation sites excluding steroid dienone is 1. The van der Waals surface area contributed by atoms with Gasteiger partial charge in [0.2, 0.25) is 0 Å². The summed E-state index contributed by atoms with van der Waals surface area (Å²) in [4.78, 5) is 0. The van der Waals surface area contributed by atoms with E-state index in [4.69, 9.17) is 14.2 Å². The maximum atomic E-state index is 9.43. The van der Waals surface area contributed by atoms with E-state index >= 15 is 0 Å². The molecule has 2 rings (SSSR count). The Kier molecular flexibility index (Phi) is 5.05. The second-order valence-corrected chi connectivity index (χ2v) is 4.43. The van der Waals surface area contributed by atoms with Crippen LogP contribution in [0.15, 0.2) is 36.4 Å². The highest BCUT2D eigenvalue weighted by molar-refractivity contribution is 5.90. The normalized spacial score (nSPS) is 10.7. The topological polar surface area (TPSA) is 51.5 Å². The summed E-state index contributed by atoms with van der Waals surface area (Å²) < 4.78 is 15.6. The molecular formula is C18H16NO3. The minimum Gasteiger partial charge on any atom is -0.496 e. The van der Waals surface area contributed by atoms with E-state index in [1.807, 2.05) is 18.2 Å². The Bertz CT molecular complexity index is 729. The number of nitriles is 1. The quantitative estimate of drug-likeness (QED) is 0.625. The van der Waals surface area contributed by atoms with Crippen LogP contribution in [0.1, 0.15) is 11.1 Å². The third-order valence-electron chi connectivity index (χ3n) is 3.15. The van der Waals surface area contributed by atoms with Gasteiger partial charge in [-0.15, -0.1) is 0 Å². The Morgan fingerprint density at radius 2 is 1.82 bits per heavy atom. The van der Waals surface area contributed by atoms with Crippen molar-refractivity contribution in [2.45, 2.75) is 0 Å². The molecule has 0 aliphatic heterocycles. The highest BCUT2D eigenvalue weighted by atomic mass is 16.5. The molecule has 0 atom stereocenters. The molecule has 111 valence electrons. The van der Waals surface area contributed by atoms with Crippen LogP contribution in [0, 0.1) is 17.4 Å². The summed E-state index contributed by atoms with van der Waals surface area (Å²) in [5, 5.41) is 9.43. The molecule has 2 aromatic rings. The molecule has 0 bridgehead atoms. The SMILES string of the molecule is COc1[c]ccc(C=C(C#N)c2ccc(OC)c(OC)c2)c1. The van der Waals surface area contributed by atoms with Gasteiger partial charge in [-0.1, -0.05) is 6.07 Å². The fourth-order valence-electron chi connectivity index (χ4n) is 2.02. The number of benzene rings is 2. The molecule has 0 amide bonds. The van der Waals surface area contributed by atoms with Crippen LogP contribution in [-0.2, 0) is 0 Å². The lowest BCUT2D eigenvalue weighted by molar-refractivity contribution is 0.355. The standard InChI is InChI=1S/C18H16NO3/c1-20-16-6-4-5-13(10-16)9-15(12-19)14-7-8-17(21-2)18(11-14)22-3/h4-5,7-11H,1-3H3. The van der Waals surface area contributed by atoms with Crippen molar-refractivity contribution in [1.82, 2.24) is 0 Å². The van der Waals surface area contributed by atoms with Crippen molar-refractivity contribution < 1.29 is 14.2 Å². The second-order valence-electron chi connectivity index (χ2n) is 4.43. The van der Waals surface area contributed by atoms with Gasteiger partial charge in [0.15, 0.2) is 11.5 Å². The van der Waals surface area contributed by atoms with Crippen molar-refractivity contribution in [3.63, 3.8) is 0 Å². The minimum atomic E-state index is 0.522. The van der Waals surface area contributed by atoms with Crippen LogP contribution in [0.4, 0.5) is 0 Å². The fraction of sp³-hybridized carbons (Fsp3) is 0.167. The van der Waals surface area contributed by atoms with E-state index in [-0.39, 0.29) is 0 Å². The number of nitrogens with zero attached hydrogens (tertiary/aromatic N) is 1. The number of methoxy groups -OCH3 is 3. The third-order valence-corrected chi connectivity index (χ3v) is 3.15. The lowest BCUT2D eigenvalue weighted by atomic mass is 10.0. The summed E-state index contributed by atoms with van der Waals surface area (Å²) in [6, 6.07) is 16.0. The summed E-state index contributed by atoms with van der Waals surface area (Å²) in [6.07, 6.45) is 1.79. The lowest BCUT2D eigenvalue weighted by Crippen LogP contribution is -1.92. The van der Waals surface area contributed by atoms with Crippen LogP contribution in [0.25, 0.3) is 11.6 Å². The number of rotatable bonds is 5. The molecule has 0 N–H and O–H groups in total. The van der Waals surface area contributed by atoms with Crippen LogP contribution >= 0.6 is 0 Å². The van der Waals surface area contributed by atoms with Gasteiger partial charge in [-0.05, 0) is 47.5 Å². The molecule has 22 heavy (non-hydrogen) atoms. The highest BCUT2D eigenvalue weighted by Gasteiger charge is 2.08. The Morgan fingerprint density at radius 1 is 1.05 bits per heavy atom. The largest absolute Gasteiger partial charge is 0.496 e. The van der Waals surface area contributed by atoms with Crippen LogP contribution in [-0.4, -0.2) is 21.3 Å². The zero-order valence-corrected chi connectivity index (χ0v) is 12.7. The van der Waals surface area contributed by atoms with Crippen LogP contribution < -0.4 is 14.2 Å². The van der Waals surface area contributed by atoms with Gasteiger partial charge < -0.3 is 14.2 Å². The van der Waals surface area contributed by atoms with Crippen molar-refractivity contribution in [2.24, 2.45) is 0 Å². The van der Waals surface area contributed by atoms with Gasteiger partial charge in [-0.25, -0.2) is 0 Å². The van der Waals surface area contributed by atoms with E-state index in [0.29, 0.717) is 22.8 Å². The first kappa shape index (κ1) is 15.5. The van der Waals surface area contributed by atoms with E-state index < -0.39 is 0 Å². The Balaban J connectivity index is 2.43. The maximum absolute atomic E-state index is 9.43. The molecule has 0 spiro atoms. The predicted octanol–water partition coefficient (Wildman–Crippen LogP) is 3.58. The molecule has 4 nitrogen and oxygen atoms in total.